The number of ether oxygens (including phenoxy) is 3. The summed E-state index contributed by atoms with van der Waals surface area (Å²) in [6.45, 7) is 1.22. The van der Waals surface area contributed by atoms with Crippen LogP contribution in [0.3, 0.4) is 0 Å². The van der Waals surface area contributed by atoms with E-state index in [1.54, 1.807) is 4.72 Å². The largest absolute Gasteiger partial charge is 0.479 e. The van der Waals surface area contributed by atoms with Gasteiger partial charge in [-0.25, -0.2) is 27.5 Å². The molecule has 0 spiro atoms. The van der Waals surface area contributed by atoms with E-state index in [9.17, 15) is 22.8 Å². The molecule has 15 heteroatoms. The lowest BCUT2D eigenvalue weighted by molar-refractivity contribution is -0.144. The van der Waals surface area contributed by atoms with Crippen molar-refractivity contribution in [1.82, 2.24) is 19.7 Å². The Hall–Kier alpha value is -4.01. The summed E-state index contributed by atoms with van der Waals surface area (Å²) >= 11 is 0. The van der Waals surface area contributed by atoms with Gasteiger partial charge in [0, 0.05) is 0 Å². The molecule has 0 aliphatic heterocycles. The van der Waals surface area contributed by atoms with Gasteiger partial charge in [0.05, 0.1) is 25.5 Å². The fraction of sp³-hybridized carbons (Fsp3) is 0.294. The molecule has 0 fully saturated rings. The summed E-state index contributed by atoms with van der Waals surface area (Å²) < 4.78 is 40.9. The van der Waals surface area contributed by atoms with E-state index in [2.05, 4.69) is 25.0 Å². The van der Waals surface area contributed by atoms with Crippen molar-refractivity contribution in [2.24, 2.45) is 0 Å². The zero-order chi connectivity index (χ0) is 23.9. The van der Waals surface area contributed by atoms with Crippen LogP contribution < -0.4 is 19.5 Å². The number of sulfonamides is 1. The highest BCUT2D eigenvalue weighted by atomic mass is 32.2. The molecular weight excluding hydrogens is 450 g/mol. The molecule has 3 N–H and O–H groups in total. The van der Waals surface area contributed by atoms with Gasteiger partial charge in [-0.1, -0.05) is 18.2 Å². The maximum Gasteiger partial charge on any atom is 0.344 e. The van der Waals surface area contributed by atoms with Gasteiger partial charge in [0.25, 0.3) is 0 Å². The van der Waals surface area contributed by atoms with E-state index in [1.807, 2.05) is 0 Å². The fourth-order valence-corrected chi connectivity index (χ4v) is 3.28. The number of esters is 1. The average molecular weight is 469 g/mol. The highest BCUT2D eigenvalue weighted by Gasteiger charge is 2.22. The van der Waals surface area contributed by atoms with Crippen LogP contribution in [0.5, 0.6) is 12.0 Å². The van der Waals surface area contributed by atoms with Gasteiger partial charge < -0.3 is 19.3 Å². The topological polar surface area (TPSA) is 196 Å². The molecule has 1 unspecified atom stereocenters. The van der Waals surface area contributed by atoms with Crippen LogP contribution in [0, 0.1) is 0 Å². The first-order chi connectivity index (χ1) is 15.0. The van der Waals surface area contributed by atoms with Crippen molar-refractivity contribution in [2.45, 2.75) is 18.8 Å². The van der Waals surface area contributed by atoms with Crippen molar-refractivity contribution in [1.29, 1.82) is 0 Å². The summed E-state index contributed by atoms with van der Waals surface area (Å²) in [6.07, 6.45) is -1.32. The lowest BCUT2D eigenvalue weighted by Gasteiger charge is -2.12. The third kappa shape index (κ3) is 6.76. The standard InChI is InChI=1S/C17H19N5O9S/c1-9(12(23)24)31-17-20-14(19-16(21-17)30-3)18-15(26)22-32(27,28)8-10-6-4-5-7-11(10)13(25)29-2/h4-7,9H,8H2,1-3H3,(H,23,24)(H2,18,19,20,21,22,26). The van der Waals surface area contributed by atoms with Crippen LogP contribution in [0.2, 0.25) is 0 Å². The molecule has 14 nitrogen and oxygen atoms in total. The molecule has 0 aliphatic carbocycles. The van der Waals surface area contributed by atoms with Crippen LogP contribution in [-0.2, 0) is 25.3 Å². The smallest absolute Gasteiger partial charge is 0.344 e. The number of aromatic nitrogens is 3. The van der Waals surface area contributed by atoms with Crippen LogP contribution in [0.1, 0.15) is 22.8 Å². The van der Waals surface area contributed by atoms with Gasteiger partial charge in [0.1, 0.15) is 0 Å². The highest BCUT2D eigenvalue weighted by molar-refractivity contribution is 7.89. The summed E-state index contributed by atoms with van der Waals surface area (Å²) in [5.74, 6) is -3.20. The Labute approximate surface area is 182 Å². The zero-order valence-corrected chi connectivity index (χ0v) is 17.9. The SMILES string of the molecule is COC(=O)c1ccccc1CS(=O)(=O)NC(=O)Nc1nc(OC)nc(OC(C)C(=O)O)n1. The summed E-state index contributed by atoms with van der Waals surface area (Å²) in [6, 6.07) is 3.80. The van der Waals surface area contributed by atoms with Crippen LogP contribution >= 0.6 is 0 Å². The molecule has 0 saturated heterocycles. The monoisotopic (exact) mass is 469 g/mol. The molecule has 2 rings (SSSR count). The van der Waals surface area contributed by atoms with Gasteiger partial charge >= 0.3 is 30.0 Å². The zero-order valence-electron chi connectivity index (χ0n) is 17.1. The molecule has 0 aliphatic rings. The van der Waals surface area contributed by atoms with Gasteiger partial charge in [-0.05, 0) is 18.6 Å². The number of nitrogens with one attached hydrogen (secondary N) is 2. The van der Waals surface area contributed by atoms with Crippen molar-refractivity contribution in [3.63, 3.8) is 0 Å². The van der Waals surface area contributed by atoms with E-state index in [1.165, 1.54) is 38.3 Å². The lowest BCUT2D eigenvalue weighted by atomic mass is 10.1. The Balaban J connectivity index is 2.15. The fourth-order valence-electron chi connectivity index (χ4n) is 2.21. The molecule has 2 amide bonds. The normalized spacial score (nSPS) is 11.7. The number of rotatable bonds is 9. The quantitative estimate of drug-likeness (QED) is 0.422. The van der Waals surface area contributed by atoms with E-state index >= 15 is 0 Å². The number of amides is 2. The number of hydrogen-bond acceptors (Lipinski definition) is 11. The average Bonchev–Trinajstić information content (AvgIpc) is 2.72. The first kappa shape index (κ1) is 24.3. The van der Waals surface area contributed by atoms with Crippen molar-refractivity contribution >= 4 is 33.9 Å². The minimum absolute atomic E-state index is 0.0253. The Kier molecular flexibility index (Phi) is 7.84. The predicted molar refractivity (Wildman–Crippen MR) is 107 cm³/mol. The Morgan fingerprint density at radius 2 is 1.75 bits per heavy atom. The van der Waals surface area contributed by atoms with E-state index in [-0.39, 0.29) is 17.1 Å². The highest BCUT2D eigenvalue weighted by Crippen LogP contribution is 2.15. The van der Waals surface area contributed by atoms with Gasteiger partial charge in [0.2, 0.25) is 16.0 Å². The van der Waals surface area contributed by atoms with Crippen molar-refractivity contribution in [3.05, 3.63) is 35.4 Å². The molecular formula is C17H19N5O9S. The van der Waals surface area contributed by atoms with E-state index < -0.39 is 51.8 Å². The molecule has 1 aromatic heterocycles. The number of methoxy groups -OCH3 is 2. The van der Waals surface area contributed by atoms with Crippen LogP contribution in [0.15, 0.2) is 24.3 Å². The number of carbonyl (C=O) groups is 3. The molecule has 1 heterocycles. The number of carboxylic acid groups (broad SMARTS) is 1. The lowest BCUT2D eigenvalue weighted by Crippen LogP contribution is -2.36. The first-order valence-corrected chi connectivity index (χ1v) is 10.4. The number of carboxylic acids is 1. The van der Waals surface area contributed by atoms with Gasteiger partial charge in [-0.3, -0.25) is 5.32 Å². The van der Waals surface area contributed by atoms with Gasteiger partial charge in [-0.15, -0.1) is 4.98 Å². The summed E-state index contributed by atoms with van der Waals surface area (Å²) in [5, 5.41) is 11.0. The number of urea groups is 1. The molecule has 0 bridgehead atoms. The van der Waals surface area contributed by atoms with Crippen LogP contribution in [0.25, 0.3) is 0 Å². The molecule has 0 saturated carbocycles. The Morgan fingerprint density at radius 3 is 2.38 bits per heavy atom. The molecule has 1 atom stereocenters. The number of benzene rings is 1. The summed E-state index contributed by atoms with van der Waals surface area (Å²) in [7, 11) is -1.90. The minimum atomic E-state index is -4.26. The van der Waals surface area contributed by atoms with Crippen molar-refractivity contribution < 1.29 is 42.1 Å². The number of anilines is 1. The Bertz CT molecular complexity index is 1120. The number of aliphatic carboxylic acids is 1. The minimum Gasteiger partial charge on any atom is -0.479 e. The third-order valence-electron chi connectivity index (χ3n) is 3.65. The second-order valence-corrected chi connectivity index (χ2v) is 7.71. The molecule has 0 radical (unpaired) electrons. The predicted octanol–water partition coefficient (Wildman–Crippen LogP) is 0.170. The molecule has 172 valence electrons. The summed E-state index contributed by atoms with van der Waals surface area (Å²) in [5.41, 5.74) is 0.136. The first-order valence-electron chi connectivity index (χ1n) is 8.72. The second-order valence-electron chi connectivity index (χ2n) is 5.99. The van der Waals surface area contributed by atoms with Gasteiger partial charge in [0.15, 0.2) is 6.10 Å². The molecule has 32 heavy (non-hydrogen) atoms. The maximum absolute atomic E-state index is 12.4. The van der Waals surface area contributed by atoms with Crippen molar-refractivity contribution in [3.8, 4) is 12.0 Å². The van der Waals surface area contributed by atoms with E-state index in [0.717, 1.165) is 7.11 Å². The van der Waals surface area contributed by atoms with Crippen LogP contribution in [0.4, 0.5) is 10.7 Å². The third-order valence-corrected chi connectivity index (χ3v) is 4.84. The summed E-state index contributed by atoms with van der Waals surface area (Å²) in [4.78, 5) is 45.9. The Morgan fingerprint density at radius 1 is 1.09 bits per heavy atom. The second kappa shape index (κ2) is 10.3. The maximum atomic E-state index is 12.4. The number of nitrogens with zero attached hydrogens (tertiary/aromatic N) is 3. The van der Waals surface area contributed by atoms with E-state index in [4.69, 9.17) is 14.6 Å². The van der Waals surface area contributed by atoms with Crippen molar-refractivity contribution in [2.75, 3.05) is 19.5 Å². The van der Waals surface area contributed by atoms with Gasteiger partial charge in [-0.2, -0.15) is 9.97 Å². The number of hydrogen-bond donors (Lipinski definition) is 3. The van der Waals surface area contributed by atoms with E-state index in [0.29, 0.717) is 0 Å². The molecule has 1 aromatic carbocycles. The number of carbonyl (C=O) groups excluding carboxylic acids is 2. The van der Waals surface area contributed by atoms with Crippen LogP contribution in [-0.4, -0.2) is 66.8 Å². The molecule has 2 aromatic rings.